The number of nitrogens with zero attached hydrogens (tertiary/aromatic N) is 2. The van der Waals surface area contributed by atoms with Gasteiger partial charge >= 0.3 is 0 Å². The molecule has 4 rings (SSSR count). The van der Waals surface area contributed by atoms with Crippen LogP contribution in [0, 0.1) is 11.7 Å². The molecular formula is C20H24FN3O2. The van der Waals surface area contributed by atoms with Gasteiger partial charge in [-0.3, -0.25) is 4.79 Å². The summed E-state index contributed by atoms with van der Waals surface area (Å²) in [4.78, 5) is 19.0. The molecule has 0 atom stereocenters. The van der Waals surface area contributed by atoms with Crippen LogP contribution in [0.3, 0.4) is 0 Å². The van der Waals surface area contributed by atoms with Crippen LogP contribution in [0.1, 0.15) is 32.1 Å². The SMILES string of the molecule is O=C(Nc1cc(F)c2nc(N3CCOCC3)ccc2c1)C1CCCCC1. The molecule has 2 heterocycles. The minimum absolute atomic E-state index is 0.00125. The van der Waals surface area contributed by atoms with Crippen molar-refractivity contribution in [2.24, 2.45) is 5.92 Å². The average Bonchev–Trinajstić information content (AvgIpc) is 2.69. The number of pyridine rings is 1. The number of hydrogen-bond donors (Lipinski definition) is 1. The van der Waals surface area contributed by atoms with Crippen molar-refractivity contribution in [1.29, 1.82) is 0 Å². The van der Waals surface area contributed by atoms with Gasteiger partial charge < -0.3 is 15.0 Å². The molecule has 6 heteroatoms. The monoisotopic (exact) mass is 357 g/mol. The lowest BCUT2D eigenvalue weighted by Crippen LogP contribution is -2.36. The Kier molecular flexibility index (Phi) is 5.02. The largest absolute Gasteiger partial charge is 0.378 e. The summed E-state index contributed by atoms with van der Waals surface area (Å²) in [6.45, 7) is 2.84. The number of morpholine rings is 1. The molecule has 2 fully saturated rings. The van der Waals surface area contributed by atoms with Crippen molar-refractivity contribution in [3.8, 4) is 0 Å². The predicted octanol–water partition coefficient (Wildman–Crippen LogP) is 3.73. The molecule has 1 amide bonds. The molecule has 0 radical (unpaired) electrons. The Morgan fingerprint density at radius 2 is 1.92 bits per heavy atom. The lowest BCUT2D eigenvalue weighted by atomic mass is 9.88. The maximum absolute atomic E-state index is 14.6. The molecule has 1 aliphatic heterocycles. The first kappa shape index (κ1) is 17.2. The lowest BCUT2D eigenvalue weighted by molar-refractivity contribution is -0.120. The number of nitrogens with one attached hydrogen (secondary N) is 1. The third kappa shape index (κ3) is 3.65. The standard InChI is InChI=1S/C20H24FN3O2/c21-17-13-16(22-20(25)14-4-2-1-3-5-14)12-15-6-7-18(23-19(15)17)24-8-10-26-11-9-24/h6-7,12-14H,1-5,8-11H2,(H,22,25). The summed E-state index contributed by atoms with van der Waals surface area (Å²) in [5, 5.41) is 3.58. The topological polar surface area (TPSA) is 54.5 Å². The van der Waals surface area contributed by atoms with Crippen molar-refractivity contribution in [3.05, 3.63) is 30.1 Å². The van der Waals surface area contributed by atoms with E-state index in [2.05, 4.69) is 15.2 Å². The van der Waals surface area contributed by atoms with Crippen LogP contribution >= 0.6 is 0 Å². The highest BCUT2D eigenvalue weighted by atomic mass is 19.1. The normalized spacial score (nSPS) is 18.9. The Morgan fingerprint density at radius 3 is 2.69 bits per heavy atom. The number of hydrogen-bond acceptors (Lipinski definition) is 4. The van der Waals surface area contributed by atoms with E-state index < -0.39 is 5.82 Å². The van der Waals surface area contributed by atoms with Gasteiger partial charge in [-0.25, -0.2) is 9.37 Å². The number of halogens is 1. The van der Waals surface area contributed by atoms with Crippen molar-refractivity contribution < 1.29 is 13.9 Å². The van der Waals surface area contributed by atoms with E-state index in [1.165, 1.54) is 12.5 Å². The molecule has 0 spiro atoms. The number of ether oxygens (including phenoxy) is 1. The number of carbonyl (C=O) groups excluding carboxylic acids is 1. The van der Waals surface area contributed by atoms with E-state index in [4.69, 9.17) is 4.74 Å². The van der Waals surface area contributed by atoms with Crippen LogP contribution in [0.15, 0.2) is 24.3 Å². The summed E-state index contributed by atoms with van der Waals surface area (Å²) in [7, 11) is 0. The highest BCUT2D eigenvalue weighted by molar-refractivity contribution is 5.95. The number of amides is 1. The molecule has 0 unspecified atom stereocenters. The average molecular weight is 357 g/mol. The van der Waals surface area contributed by atoms with Crippen LogP contribution in [0.4, 0.5) is 15.9 Å². The Morgan fingerprint density at radius 1 is 1.15 bits per heavy atom. The zero-order chi connectivity index (χ0) is 17.9. The van der Waals surface area contributed by atoms with Crippen molar-refractivity contribution in [1.82, 2.24) is 4.98 Å². The van der Waals surface area contributed by atoms with Crippen molar-refractivity contribution >= 4 is 28.3 Å². The van der Waals surface area contributed by atoms with Gasteiger partial charge in [-0.15, -0.1) is 0 Å². The van der Waals surface area contributed by atoms with Gasteiger partial charge in [-0.1, -0.05) is 19.3 Å². The van der Waals surface area contributed by atoms with Gasteiger partial charge in [-0.05, 0) is 37.1 Å². The highest BCUT2D eigenvalue weighted by Gasteiger charge is 2.21. The molecule has 1 N–H and O–H groups in total. The first-order valence-electron chi connectivity index (χ1n) is 9.44. The first-order valence-corrected chi connectivity index (χ1v) is 9.44. The molecule has 1 saturated heterocycles. The molecule has 26 heavy (non-hydrogen) atoms. The van der Waals surface area contributed by atoms with Gasteiger partial charge in [0.05, 0.1) is 13.2 Å². The molecule has 2 aromatic rings. The number of rotatable bonds is 3. The molecule has 1 aromatic carbocycles. The maximum Gasteiger partial charge on any atom is 0.227 e. The second kappa shape index (κ2) is 7.58. The van der Waals surface area contributed by atoms with E-state index in [1.54, 1.807) is 6.07 Å². The fraction of sp³-hybridized carbons (Fsp3) is 0.500. The van der Waals surface area contributed by atoms with Crippen molar-refractivity contribution in [3.63, 3.8) is 0 Å². The van der Waals surface area contributed by atoms with E-state index in [1.807, 2.05) is 12.1 Å². The number of carbonyl (C=O) groups is 1. The van der Waals surface area contributed by atoms with Gasteiger partial charge in [0, 0.05) is 30.1 Å². The predicted molar refractivity (Wildman–Crippen MR) is 99.9 cm³/mol. The number of benzene rings is 1. The smallest absolute Gasteiger partial charge is 0.227 e. The van der Waals surface area contributed by atoms with Gasteiger partial charge in [0.2, 0.25) is 5.91 Å². The molecule has 0 bridgehead atoms. The Balaban J connectivity index is 1.55. The van der Waals surface area contributed by atoms with Crippen molar-refractivity contribution in [2.75, 3.05) is 36.5 Å². The fourth-order valence-electron chi connectivity index (χ4n) is 3.83. The van der Waals surface area contributed by atoms with Crippen LogP contribution in [0.5, 0.6) is 0 Å². The van der Waals surface area contributed by atoms with E-state index >= 15 is 0 Å². The second-order valence-electron chi connectivity index (χ2n) is 7.12. The molecule has 138 valence electrons. The van der Waals surface area contributed by atoms with Gasteiger partial charge in [0.15, 0.2) is 5.82 Å². The van der Waals surface area contributed by atoms with Crippen LogP contribution in [-0.4, -0.2) is 37.2 Å². The zero-order valence-electron chi connectivity index (χ0n) is 14.8. The fourth-order valence-corrected chi connectivity index (χ4v) is 3.83. The third-order valence-electron chi connectivity index (χ3n) is 5.31. The summed E-state index contributed by atoms with van der Waals surface area (Å²) >= 11 is 0. The van der Waals surface area contributed by atoms with Crippen LogP contribution in [-0.2, 0) is 9.53 Å². The van der Waals surface area contributed by atoms with Crippen LogP contribution < -0.4 is 10.2 Å². The molecule has 5 nitrogen and oxygen atoms in total. The Labute approximate surface area is 152 Å². The van der Waals surface area contributed by atoms with Gasteiger partial charge in [-0.2, -0.15) is 0 Å². The summed E-state index contributed by atoms with van der Waals surface area (Å²) in [6, 6.07) is 6.95. The summed E-state index contributed by atoms with van der Waals surface area (Å²) < 4.78 is 20.0. The quantitative estimate of drug-likeness (QED) is 0.909. The number of anilines is 2. The third-order valence-corrected chi connectivity index (χ3v) is 5.31. The highest BCUT2D eigenvalue weighted by Crippen LogP contribution is 2.28. The van der Waals surface area contributed by atoms with Gasteiger partial charge in [0.25, 0.3) is 0 Å². The van der Waals surface area contributed by atoms with Crippen molar-refractivity contribution in [2.45, 2.75) is 32.1 Å². The minimum Gasteiger partial charge on any atom is -0.378 e. The van der Waals surface area contributed by atoms with E-state index in [0.717, 1.165) is 44.6 Å². The Hall–Kier alpha value is -2.21. The minimum atomic E-state index is -0.406. The lowest BCUT2D eigenvalue weighted by Gasteiger charge is -2.28. The van der Waals surface area contributed by atoms with E-state index in [0.29, 0.717) is 29.8 Å². The molecule has 1 saturated carbocycles. The summed E-state index contributed by atoms with van der Waals surface area (Å²) in [5.74, 6) is 0.404. The van der Waals surface area contributed by atoms with E-state index in [9.17, 15) is 9.18 Å². The molecule has 1 aliphatic carbocycles. The summed E-state index contributed by atoms with van der Waals surface area (Å²) in [6.07, 6.45) is 5.24. The molecule has 1 aromatic heterocycles. The summed E-state index contributed by atoms with van der Waals surface area (Å²) in [5.41, 5.74) is 0.844. The molecular weight excluding hydrogens is 333 g/mol. The molecule has 2 aliphatic rings. The zero-order valence-corrected chi connectivity index (χ0v) is 14.8. The Bertz CT molecular complexity index is 799. The second-order valence-corrected chi connectivity index (χ2v) is 7.12. The maximum atomic E-state index is 14.6. The van der Waals surface area contributed by atoms with E-state index in [-0.39, 0.29) is 11.8 Å². The first-order chi connectivity index (χ1) is 12.7. The number of aromatic nitrogens is 1. The van der Waals surface area contributed by atoms with Crippen LogP contribution in [0.2, 0.25) is 0 Å². The van der Waals surface area contributed by atoms with Crippen LogP contribution in [0.25, 0.3) is 10.9 Å². The number of fused-ring (bicyclic) bond motifs is 1. The van der Waals surface area contributed by atoms with Gasteiger partial charge in [0.1, 0.15) is 11.3 Å².